The highest BCUT2D eigenvalue weighted by Crippen LogP contribution is 2.28. The maximum Gasteiger partial charge on any atom is 0.142 e. The van der Waals surface area contributed by atoms with Gasteiger partial charge in [0.15, 0.2) is 0 Å². The van der Waals surface area contributed by atoms with E-state index in [0.717, 1.165) is 26.2 Å². The van der Waals surface area contributed by atoms with Gasteiger partial charge in [-0.2, -0.15) is 0 Å². The molecule has 2 rings (SSSR count). The summed E-state index contributed by atoms with van der Waals surface area (Å²) < 4.78 is 27.5. The molecule has 0 unspecified atom stereocenters. The second-order valence-electron chi connectivity index (χ2n) is 4.10. The summed E-state index contributed by atoms with van der Waals surface area (Å²) in [5.74, 6) is -0.353. The minimum Gasteiger partial charge on any atom is -0.314 e. The third-order valence-electron chi connectivity index (χ3n) is 3.08. The smallest absolute Gasteiger partial charge is 0.142 e. The summed E-state index contributed by atoms with van der Waals surface area (Å²) in [6.45, 7) is 2.59. The van der Waals surface area contributed by atoms with Crippen LogP contribution < -0.4 is 5.32 Å². The van der Waals surface area contributed by atoms with Crippen molar-refractivity contribution in [1.29, 1.82) is 0 Å². The van der Waals surface area contributed by atoms with E-state index in [-0.39, 0.29) is 5.82 Å². The number of benzene rings is 1. The van der Waals surface area contributed by atoms with Crippen LogP contribution in [-0.2, 0) is 0 Å². The molecule has 1 aliphatic heterocycles. The molecule has 1 aliphatic rings. The fraction of sp³-hybridized carbons (Fsp3) is 0.500. The number of hydrogen-bond donors (Lipinski definition) is 1. The van der Waals surface area contributed by atoms with Crippen LogP contribution in [-0.4, -0.2) is 37.8 Å². The summed E-state index contributed by atoms with van der Waals surface area (Å²) in [6.07, 6.45) is 0. The van der Waals surface area contributed by atoms with Crippen molar-refractivity contribution >= 4 is 15.9 Å². The molecule has 1 aromatic carbocycles. The van der Waals surface area contributed by atoms with Gasteiger partial charge in [0.05, 0.1) is 10.5 Å². The number of hydrogen-bond acceptors (Lipinski definition) is 2. The summed E-state index contributed by atoms with van der Waals surface area (Å²) in [6, 6.07) is 4.56. The molecule has 1 saturated heterocycles. The molecule has 1 N–H and O–H groups in total. The van der Waals surface area contributed by atoms with Gasteiger partial charge in [-0.3, -0.25) is 4.90 Å². The van der Waals surface area contributed by atoms with E-state index in [1.807, 2.05) is 4.90 Å². The Labute approximate surface area is 108 Å². The molecule has 17 heavy (non-hydrogen) atoms. The first-order valence-corrected chi connectivity index (χ1v) is 6.48. The average molecular weight is 305 g/mol. The first-order chi connectivity index (χ1) is 8.24. The third-order valence-corrected chi connectivity index (χ3v) is 3.69. The maximum absolute atomic E-state index is 13.9. The Hall–Kier alpha value is -0.520. The van der Waals surface area contributed by atoms with Gasteiger partial charge in [0, 0.05) is 31.7 Å². The molecule has 0 aromatic heterocycles. The molecule has 1 aromatic rings. The van der Waals surface area contributed by atoms with E-state index in [4.69, 9.17) is 0 Å². The Balaban J connectivity index is 2.24. The van der Waals surface area contributed by atoms with Crippen molar-refractivity contribution in [2.24, 2.45) is 0 Å². The minimum absolute atomic E-state index is 0.353. The first-order valence-electron chi connectivity index (χ1n) is 5.68. The standard InChI is InChI=1S/C12H15BrF2N2/c13-10-3-1-2-9(12(10)15)11(8-14)17-6-4-16-5-7-17/h1-3,11,16H,4-8H2/t11-/m1/s1. The van der Waals surface area contributed by atoms with Gasteiger partial charge in [0.1, 0.15) is 12.5 Å². The molecule has 2 nitrogen and oxygen atoms in total. The maximum atomic E-state index is 13.9. The SMILES string of the molecule is FC[C@H](c1cccc(Br)c1F)N1CCNCC1. The van der Waals surface area contributed by atoms with Crippen LogP contribution in [0.3, 0.4) is 0 Å². The van der Waals surface area contributed by atoms with Crippen molar-refractivity contribution in [2.45, 2.75) is 6.04 Å². The van der Waals surface area contributed by atoms with Crippen LogP contribution in [0.5, 0.6) is 0 Å². The van der Waals surface area contributed by atoms with Crippen molar-refractivity contribution in [1.82, 2.24) is 10.2 Å². The molecule has 94 valence electrons. The molecule has 0 radical (unpaired) electrons. The molecule has 1 heterocycles. The van der Waals surface area contributed by atoms with Gasteiger partial charge >= 0.3 is 0 Å². The zero-order chi connectivity index (χ0) is 12.3. The van der Waals surface area contributed by atoms with Gasteiger partial charge in [-0.25, -0.2) is 8.78 Å². The second kappa shape index (κ2) is 5.89. The third kappa shape index (κ3) is 2.84. The van der Waals surface area contributed by atoms with Gasteiger partial charge in [0.2, 0.25) is 0 Å². The van der Waals surface area contributed by atoms with Crippen LogP contribution in [0, 0.1) is 5.82 Å². The van der Waals surface area contributed by atoms with Crippen molar-refractivity contribution < 1.29 is 8.78 Å². The van der Waals surface area contributed by atoms with Crippen LogP contribution >= 0.6 is 15.9 Å². The monoisotopic (exact) mass is 304 g/mol. The van der Waals surface area contributed by atoms with Crippen LogP contribution in [0.15, 0.2) is 22.7 Å². The lowest BCUT2D eigenvalue weighted by atomic mass is 10.1. The minimum atomic E-state index is -0.562. The van der Waals surface area contributed by atoms with E-state index >= 15 is 0 Å². The lowest BCUT2D eigenvalue weighted by Gasteiger charge is -2.33. The lowest BCUT2D eigenvalue weighted by Crippen LogP contribution is -2.45. The van der Waals surface area contributed by atoms with E-state index in [1.54, 1.807) is 18.2 Å². The van der Waals surface area contributed by atoms with Crippen LogP contribution in [0.25, 0.3) is 0 Å². The number of rotatable bonds is 3. The van der Waals surface area contributed by atoms with Gasteiger partial charge in [-0.15, -0.1) is 0 Å². The lowest BCUT2D eigenvalue weighted by molar-refractivity contribution is 0.144. The molecule has 1 fully saturated rings. The molecular formula is C12H15BrF2N2. The van der Waals surface area contributed by atoms with Gasteiger partial charge < -0.3 is 5.32 Å². The number of nitrogens with one attached hydrogen (secondary N) is 1. The molecular weight excluding hydrogens is 290 g/mol. The number of piperazine rings is 1. The Morgan fingerprint density at radius 2 is 2.06 bits per heavy atom. The predicted octanol–water partition coefficient (Wildman–Crippen LogP) is 2.50. The first kappa shape index (κ1) is 12.9. The fourth-order valence-electron chi connectivity index (χ4n) is 2.15. The Morgan fingerprint density at radius 1 is 1.35 bits per heavy atom. The number of nitrogens with zero attached hydrogens (tertiary/aromatic N) is 1. The summed E-state index contributed by atoms with van der Waals surface area (Å²) >= 11 is 3.14. The summed E-state index contributed by atoms with van der Waals surface area (Å²) in [4.78, 5) is 1.99. The highest BCUT2D eigenvalue weighted by molar-refractivity contribution is 9.10. The molecule has 5 heteroatoms. The topological polar surface area (TPSA) is 15.3 Å². The summed E-state index contributed by atoms with van der Waals surface area (Å²) in [5, 5.41) is 3.20. The van der Waals surface area contributed by atoms with E-state index < -0.39 is 12.7 Å². The molecule has 0 bridgehead atoms. The fourth-order valence-corrected chi connectivity index (χ4v) is 2.53. The van der Waals surface area contributed by atoms with E-state index in [2.05, 4.69) is 21.2 Å². The van der Waals surface area contributed by atoms with Crippen LogP contribution in [0.4, 0.5) is 8.78 Å². The van der Waals surface area contributed by atoms with Crippen molar-refractivity contribution in [3.63, 3.8) is 0 Å². The molecule has 0 aliphatic carbocycles. The second-order valence-corrected chi connectivity index (χ2v) is 4.95. The van der Waals surface area contributed by atoms with Crippen molar-refractivity contribution in [3.8, 4) is 0 Å². The van der Waals surface area contributed by atoms with E-state index in [0.29, 0.717) is 10.0 Å². The summed E-state index contributed by atoms with van der Waals surface area (Å²) in [5.41, 5.74) is 0.434. The van der Waals surface area contributed by atoms with Gasteiger partial charge in [-0.1, -0.05) is 12.1 Å². The van der Waals surface area contributed by atoms with E-state index in [9.17, 15) is 8.78 Å². The number of halogens is 3. The number of alkyl halides is 1. The van der Waals surface area contributed by atoms with Crippen molar-refractivity contribution in [2.75, 3.05) is 32.9 Å². The normalized spacial score (nSPS) is 19.2. The van der Waals surface area contributed by atoms with Crippen molar-refractivity contribution in [3.05, 3.63) is 34.1 Å². The highest BCUT2D eigenvalue weighted by atomic mass is 79.9. The average Bonchev–Trinajstić information content (AvgIpc) is 2.37. The zero-order valence-electron chi connectivity index (χ0n) is 9.43. The van der Waals surface area contributed by atoms with E-state index in [1.165, 1.54) is 0 Å². The van der Waals surface area contributed by atoms with Crippen LogP contribution in [0.1, 0.15) is 11.6 Å². The Morgan fingerprint density at radius 3 is 2.71 bits per heavy atom. The van der Waals surface area contributed by atoms with Crippen LogP contribution in [0.2, 0.25) is 0 Å². The van der Waals surface area contributed by atoms with Gasteiger partial charge in [-0.05, 0) is 22.0 Å². The molecule has 0 amide bonds. The largest absolute Gasteiger partial charge is 0.314 e. The highest BCUT2D eigenvalue weighted by Gasteiger charge is 2.25. The summed E-state index contributed by atoms with van der Waals surface area (Å²) in [7, 11) is 0. The Kier molecular flexibility index (Phi) is 4.48. The Bertz CT molecular complexity index is 381. The molecule has 0 spiro atoms. The molecule has 0 saturated carbocycles. The molecule has 1 atom stereocenters. The zero-order valence-corrected chi connectivity index (χ0v) is 11.0. The van der Waals surface area contributed by atoms with Gasteiger partial charge in [0.25, 0.3) is 0 Å². The quantitative estimate of drug-likeness (QED) is 0.923. The predicted molar refractivity (Wildman–Crippen MR) is 67.3 cm³/mol.